The van der Waals surface area contributed by atoms with Gasteiger partial charge in [0.2, 0.25) is 0 Å². The van der Waals surface area contributed by atoms with Crippen molar-refractivity contribution in [1.82, 2.24) is 0 Å². The van der Waals surface area contributed by atoms with Crippen LogP contribution >= 0.6 is 0 Å². The number of hydrogen-bond acceptors (Lipinski definition) is 6. The number of carboxylic acids is 2. The van der Waals surface area contributed by atoms with Crippen molar-refractivity contribution in [3.8, 4) is 0 Å². The quantitative estimate of drug-likeness (QED) is 0.226. The molecule has 0 saturated carbocycles. The third kappa shape index (κ3) is 20.8. The van der Waals surface area contributed by atoms with E-state index in [1.165, 1.54) is 11.6 Å². The second-order valence-corrected chi connectivity index (χ2v) is 5.82. The molecule has 0 aromatic heterocycles. The first kappa shape index (κ1) is 30.3. The van der Waals surface area contributed by atoms with Gasteiger partial charge in [0.1, 0.15) is 6.61 Å². The Morgan fingerprint density at radius 1 is 0.969 bits per heavy atom. The van der Waals surface area contributed by atoms with E-state index in [4.69, 9.17) is 10.2 Å². The first-order valence-electron chi connectivity index (χ1n) is 9.63. The van der Waals surface area contributed by atoms with Crippen LogP contribution in [-0.4, -0.2) is 47.3 Å². The van der Waals surface area contributed by atoms with Gasteiger partial charge >= 0.3 is 23.9 Å². The largest absolute Gasteiger partial charge is 0.481 e. The van der Waals surface area contributed by atoms with Gasteiger partial charge in [0.15, 0.2) is 0 Å². The van der Waals surface area contributed by atoms with Crippen LogP contribution in [0.4, 0.5) is 0 Å². The minimum absolute atomic E-state index is 0.150. The van der Waals surface area contributed by atoms with E-state index in [1.54, 1.807) is 0 Å². The number of aliphatic carboxylic acids is 2. The van der Waals surface area contributed by atoms with Gasteiger partial charge in [-0.3, -0.25) is 4.79 Å². The highest BCUT2D eigenvalue weighted by Crippen LogP contribution is 1.98. The SMILES string of the molecule is C=C(C=CC(=O)O)C(=O)OCCC(=O)O.C=CC(=O)OCCCC.C=Cc1ccccc1. The van der Waals surface area contributed by atoms with Crippen molar-refractivity contribution in [2.45, 2.75) is 26.2 Å². The van der Waals surface area contributed by atoms with Gasteiger partial charge in [-0.15, -0.1) is 0 Å². The number of unbranched alkanes of at least 4 members (excludes halogenated alkanes) is 1. The Morgan fingerprint density at radius 2 is 1.59 bits per heavy atom. The van der Waals surface area contributed by atoms with E-state index in [0.717, 1.165) is 25.0 Å². The summed E-state index contributed by atoms with van der Waals surface area (Å²) < 4.78 is 9.16. The number of carbonyl (C=O) groups excluding carboxylic acids is 2. The minimum atomic E-state index is -1.21. The zero-order valence-corrected chi connectivity index (χ0v) is 18.2. The number of ether oxygens (including phenoxy) is 2. The molecule has 8 nitrogen and oxygen atoms in total. The van der Waals surface area contributed by atoms with Crippen molar-refractivity contribution in [2.24, 2.45) is 0 Å². The molecule has 0 atom stereocenters. The fourth-order valence-corrected chi connectivity index (χ4v) is 1.53. The van der Waals surface area contributed by atoms with Gasteiger partial charge in [-0.2, -0.15) is 0 Å². The number of esters is 2. The maximum atomic E-state index is 11.0. The molecular formula is C24H30O8. The van der Waals surface area contributed by atoms with Gasteiger partial charge in [0.25, 0.3) is 0 Å². The Morgan fingerprint density at radius 3 is 2.03 bits per heavy atom. The summed E-state index contributed by atoms with van der Waals surface area (Å²) in [6.07, 6.45) is 6.40. The lowest BCUT2D eigenvalue weighted by molar-refractivity contribution is -0.143. The highest BCUT2D eigenvalue weighted by atomic mass is 16.5. The molecule has 1 rings (SSSR count). The summed E-state index contributed by atoms with van der Waals surface area (Å²) in [4.78, 5) is 41.5. The molecule has 0 aliphatic carbocycles. The lowest BCUT2D eigenvalue weighted by Crippen LogP contribution is -2.10. The van der Waals surface area contributed by atoms with E-state index in [0.29, 0.717) is 6.61 Å². The van der Waals surface area contributed by atoms with Crippen LogP contribution in [-0.2, 0) is 28.7 Å². The van der Waals surface area contributed by atoms with Crippen LogP contribution in [0.25, 0.3) is 6.08 Å². The minimum Gasteiger partial charge on any atom is -0.481 e. The lowest BCUT2D eigenvalue weighted by atomic mass is 10.2. The molecule has 0 spiro atoms. The Balaban J connectivity index is 0. The summed E-state index contributed by atoms with van der Waals surface area (Å²) in [6, 6.07) is 10.0. The lowest BCUT2D eigenvalue weighted by Gasteiger charge is -2.01. The molecule has 0 aliphatic heterocycles. The van der Waals surface area contributed by atoms with Crippen LogP contribution in [0, 0.1) is 0 Å². The van der Waals surface area contributed by atoms with Gasteiger partial charge in [-0.25, -0.2) is 14.4 Å². The topological polar surface area (TPSA) is 127 Å². The van der Waals surface area contributed by atoms with Crippen LogP contribution in [0.15, 0.2) is 73.9 Å². The normalized spacial score (nSPS) is 9.16. The van der Waals surface area contributed by atoms with Gasteiger partial charge in [-0.1, -0.05) is 69.5 Å². The molecule has 174 valence electrons. The number of hydrogen-bond donors (Lipinski definition) is 2. The fourth-order valence-electron chi connectivity index (χ4n) is 1.53. The monoisotopic (exact) mass is 446 g/mol. The van der Waals surface area contributed by atoms with E-state index in [1.807, 2.05) is 43.3 Å². The molecule has 0 bridgehead atoms. The van der Waals surface area contributed by atoms with E-state index in [2.05, 4.69) is 29.2 Å². The number of carboxylic acid groups (broad SMARTS) is 2. The van der Waals surface area contributed by atoms with Crippen LogP contribution in [0.2, 0.25) is 0 Å². The molecule has 32 heavy (non-hydrogen) atoms. The average Bonchev–Trinajstić information content (AvgIpc) is 2.78. The molecule has 0 fully saturated rings. The van der Waals surface area contributed by atoms with Crippen LogP contribution in [0.5, 0.6) is 0 Å². The van der Waals surface area contributed by atoms with Crippen molar-refractivity contribution in [1.29, 1.82) is 0 Å². The third-order valence-electron chi connectivity index (χ3n) is 3.18. The highest BCUT2D eigenvalue weighted by Gasteiger charge is 2.06. The summed E-state index contributed by atoms with van der Waals surface area (Å²) in [5.41, 5.74) is 1.02. The zero-order chi connectivity index (χ0) is 24.8. The first-order valence-corrected chi connectivity index (χ1v) is 9.63. The van der Waals surface area contributed by atoms with Crippen molar-refractivity contribution in [3.63, 3.8) is 0 Å². The van der Waals surface area contributed by atoms with Crippen molar-refractivity contribution >= 4 is 30.0 Å². The van der Waals surface area contributed by atoms with E-state index < -0.39 is 17.9 Å². The molecule has 0 aliphatic rings. The Bertz CT molecular complexity index is 778. The summed E-state index contributed by atoms with van der Waals surface area (Å²) >= 11 is 0. The molecule has 1 aromatic rings. The standard InChI is InChI=1S/C9H10O6.C8H8.C7H12O2/c1-6(2-3-7(10)11)9(14)15-5-4-8(12)13;1-2-8-6-4-3-5-7-8;1-3-5-6-9-7(8)4-2/h2-3H,1,4-5H2,(H,10,11)(H,12,13);2-7H,1H2;4H,2-3,5-6H2,1H3. The molecule has 0 heterocycles. The van der Waals surface area contributed by atoms with Crippen molar-refractivity contribution in [3.05, 3.63) is 79.4 Å². The number of carbonyl (C=O) groups is 4. The third-order valence-corrected chi connectivity index (χ3v) is 3.18. The molecule has 0 amide bonds. The summed E-state index contributed by atoms with van der Waals surface area (Å²) in [5.74, 6) is -3.47. The fraction of sp³-hybridized carbons (Fsp3) is 0.250. The van der Waals surface area contributed by atoms with Gasteiger partial charge in [-0.05, 0) is 18.1 Å². The molecule has 0 radical (unpaired) electrons. The van der Waals surface area contributed by atoms with Crippen LogP contribution < -0.4 is 0 Å². The van der Waals surface area contributed by atoms with E-state index in [-0.39, 0.29) is 24.6 Å². The molecule has 8 heteroatoms. The summed E-state index contributed by atoms with van der Waals surface area (Å²) in [6.45, 7) is 12.4. The summed E-state index contributed by atoms with van der Waals surface area (Å²) in [5, 5.41) is 16.5. The molecule has 0 saturated heterocycles. The van der Waals surface area contributed by atoms with Gasteiger partial charge in [0, 0.05) is 12.2 Å². The average molecular weight is 446 g/mol. The zero-order valence-electron chi connectivity index (χ0n) is 18.2. The maximum absolute atomic E-state index is 11.0. The van der Waals surface area contributed by atoms with E-state index >= 15 is 0 Å². The predicted molar refractivity (Wildman–Crippen MR) is 122 cm³/mol. The predicted octanol–water partition coefficient (Wildman–Crippen LogP) is 4.05. The molecule has 0 unspecified atom stereocenters. The molecule has 1 aromatic carbocycles. The molecular weight excluding hydrogens is 416 g/mol. The number of rotatable bonds is 11. The molecule has 2 N–H and O–H groups in total. The van der Waals surface area contributed by atoms with Crippen LogP contribution in [0.3, 0.4) is 0 Å². The smallest absolute Gasteiger partial charge is 0.337 e. The van der Waals surface area contributed by atoms with Crippen molar-refractivity contribution in [2.75, 3.05) is 13.2 Å². The Kier molecular flexibility index (Phi) is 19.2. The Labute approximate surface area is 188 Å². The second-order valence-electron chi connectivity index (χ2n) is 5.82. The maximum Gasteiger partial charge on any atom is 0.337 e. The Hall–Kier alpha value is -3.94. The van der Waals surface area contributed by atoms with Gasteiger partial charge in [0.05, 0.1) is 18.6 Å². The van der Waals surface area contributed by atoms with E-state index in [9.17, 15) is 19.2 Å². The van der Waals surface area contributed by atoms with Crippen molar-refractivity contribution < 1.29 is 38.9 Å². The van der Waals surface area contributed by atoms with Crippen LogP contribution in [0.1, 0.15) is 31.7 Å². The van der Waals surface area contributed by atoms with Gasteiger partial charge < -0.3 is 19.7 Å². The second kappa shape index (κ2) is 20.3. The summed E-state index contributed by atoms with van der Waals surface area (Å²) in [7, 11) is 0. The highest BCUT2D eigenvalue weighted by molar-refractivity contribution is 5.93. The first-order chi connectivity index (χ1) is 15.2. The number of benzene rings is 1.